The first-order chi connectivity index (χ1) is 28.3. The van der Waals surface area contributed by atoms with Crippen LogP contribution in [-0.2, 0) is 5.41 Å². The van der Waals surface area contributed by atoms with Crippen LogP contribution in [0.4, 0.5) is 0 Å². The van der Waals surface area contributed by atoms with Gasteiger partial charge in [0.1, 0.15) is 18.2 Å². The lowest BCUT2D eigenvalue weighted by molar-refractivity contribution is 0.409. The Kier molecular flexibility index (Phi) is 7.94. The van der Waals surface area contributed by atoms with E-state index in [1.165, 1.54) is 71.6 Å². The second-order valence-electron chi connectivity index (χ2n) is 15.1. The van der Waals surface area contributed by atoms with Crippen LogP contribution in [0.3, 0.4) is 0 Å². The van der Waals surface area contributed by atoms with Crippen molar-refractivity contribution in [2.24, 2.45) is 4.99 Å². The molecule has 0 aromatic heterocycles. The van der Waals surface area contributed by atoms with E-state index >= 15 is 0 Å². The van der Waals surface area contributed by atoms with E-state index in [0.29, 0.717) is 0 Å². The molecular formula is C54H39N3. The zero-order valence-electron chi connectivity index (χ0n) is 31.3. The summed E-state index contributed by atoms with van der Waals surface area (Å²) in [6.07, 6.45) is -0.493. The van der Waals surface area contributed by atoms with E-state index in [0.717, 1.165) is 17.0 Å². The number of benzene rings is 9. The highest BCUT2D eigenvalue weighted by atomic mass is 15.3. The summed E-state index contributed by atoms with van der Waals surface area (Å²) in [5.74, 6) is 0.872. The molecule has 3 heteroatoms. The second kappa shape index (κ2) is 13.6. The Morgan fingerprint density at radius 3 is 1.82 bits per heavy atom. The van der Waals surface area contributed by atoms with E-state index in [1.54, 1.807) is 0 Å². The first kappa shape index (κ1) is 33.3. The van der Waals surface area contributed by atoms with E-state index in [-0.39, 0.29) is 12.3 Å². The van der Waals surface area contributed by atoms with Crippen LogP contribution in [0.5, 0.6) is 0 Å². The van der Waals surface area contributed by atoms with Crippen molar-refractivity contribution < 1.29 is 0 Å². The fraction of sp³-hybridized carbons (Fsp3) is 0.0556. The maximum Gasteiger partial charge on any atom is 0.131 e. The van der Waals surface area contributed by atoms with Gasteiger partial charge in [-0.25, -0.2) is 4.99 Å². The van der Waals surface area contributed by atoms with Crippen LogP contribution in [-0.4, -0.2) is 5.84 Å². The summed E-state index contributed by atoms with van der Waals surface area (Å²) in [4.78, 5) is 5.33. The maximum atomic E-state index is 5.33. The topological polar surface area (TPSA) is 36.4 Å². The fourth-order valence-electron chi connectivity index (χ4n) is 9.44. The van der Waals surface area contributed by atoms with Gasteiger partial charge in [0.15, 0.2) is 0 Å². The van der Waals surface area contributed by atoms with Crippen molar-refractivity contribution >= 4 is 27.4 Å². The average Bonchev–Trinajstić information content (AvgIpc) is 3.61. The van der Waals surface area contributed by atoms with Gasteiger partial charge in [-0.05, 0) is 83.2 Å². The monoisotopic (exact) mass is 729 g/mol. The Morgan fingerprint density at radius 1 is 0.439 bits per heavy atom. The summed E-state index contributed by atoms with van der Waals surface area (Å²) in [5.41, 5.74) is 12.9. The molecule has 2 N–H and O–H groups in total. The lowest BCUT2D eigenvalue weighted by Crippen LogP contribution is -2.45. The predicted molar refractivity (Wildman–Crippen MR) is 235 cm³/mol. The smallest absolute Gasteiger partial charge is 0.131 e. The van der Waals surface area contributed by atoms with Crippen molar-refractivity contribution in [2.45, 2.75) is 17.7 Å². The number of aliphatic imine (C=N–C) groups is 1. The van der Waals surface area contributed by atoms with Gasteiger partial charge in [-0.2, -0.15) is 0 Å². The molecule has 0 saturated heterocycles. The SMILES string of the molecule is c1ccc(C2=NC(c3ccc(-c4ccc5c(ccc6ccccc65)c4)cc3)NC(c3cccc4c3-c3ccccc3C4(c3ccccc3)c3ccccc3)N2)cc1. The molecule has 11 rings (SSSR count). The normalized spacial score (nSPS) is 16.7. The molecule has 0 bridgehead atoms. The molecule has 2 unspecified atom stereocenters. The maximum absolute atomic E-state index is 5.33. The fourth-order valence-corrected chi connectivity index (χ4v) is 9.44. The molecule has 0 spiro atoms. The first-order valence-electron chi connectivity index (χ1n) is 19.8. The number of rotatable bonds is 6. The van der Waals surface area contributed by atoms with Gasteiger partial charge >= 0.3 is 0 Å². The van der Waals surface area contributed by atoms with Crippen molar-refractivity contribution in [1.29, 1.82) is 0 Å². The zero-order chi connectivity index (χ0) is 37.8. The molecule has 3 nitrogen and oxygen atoms in total. The van der Waals surface area contributed by atoms with E-state index in [2.05, 4.69) is 223 Å². The van der Waals surface area contributed by atoms with Crippen molar-refractivity contribution in [3.63, 3.8) is 0 Å². The van der Waals surface area contributed by atoms with Crippen molar-refractivity contribution in [1.82, 2.24) is 10.6 Å². The van der Waals surface area contributed by atoms with Crippen molar-refractivity contribution in [2.75, 3.05) is 0 Å². The molecule has 0 amide bonds. The molecular weight excluding hydrogens is 691 g/mol. The summed E-state index contributed by atoms with van der Waals surface area (Å²) in [6.45, 7) is 0. The van der Waals surface area contributed by atoms with E-state index in [4.69, 9.17) is 4.99 Å². The number of nitrogens with zero attached hydrogens (tertiary/aromatic N) is 1. The van der Waals surface area contributed by atoms with E-state index < -0.39 is 5.41 Å². The number of fused-ring (bicyclic) bond motifs is 6. The molecule has 2 aliphatic rings. The standard InChI is InChI=1S/C54H39N3/c1-4-16-38(17-5-1)51-55-52(39-30-27-36(28-31-39)40-33-34-45-41(35-40)32-29-37-15-10-11-22-44(37)45)57-53(56-51)47-24-14-26-49-50(47)46-23-12-13-25-48(46)54(49,42-18-6-2-7-19-42)43-20-8-3-9-21-43/h1-35,52-53,57H,(H,55,56). The minimum atomic E-state index is -0.472. The largest absolute Gasteiger partial charge is 0.350 e. The molecule has 0 saturated carbocycles. The Labute approximate surface area is 333 Å². The summed E-state index contributed by atoms with van der Waals surface area (Å²) < 4.78 is 0. The Morgan fingerprint density at radius 2 is 1.05 bits per heavy atom. The predicted octanol–water partition coefficient (Wildman–Crippen LogP) is 12.4. The van der Waals surface area contributed by atoms with Gasteiger partial charge in [-0.3, -0.25) is 5.32 Å². The Bertz CT molecular complexity index is 2910. The third-order valence-corrected chi connectivity index (χ3v) is 12.0. The third kappa shape index (κ3) is 5.43. The van der Waals surface area contributed by atoms with Crippen molar-refractivity contribution in [3.05, 3.63) is 251 Å². The molecule has 9 aromatic carbocycles. The quantitative estimate of drug-likeness (QED) is 0.167. The van der Waals surface area contributed by atoms with Gasteiger partial charge in [0.05, 0.1) is 5.41 Å². The minimum absolute atomic E-state index is 0.219. The van der Waals surface area contributed by atoms with Gasteiger partial charge in [-0.15, -0.1) is 0 Å². The van der Waals surface area contributed by atoms with Gasteiger partial charge < -0.3 is 5.32 Å². The van der Waals surface area contributed by atoms with Crippen LogP contribution in [0.15, 0.2) is 217 Å². The summed E-state index contributed by atoms with van der Waals surface area (Å²) in [5, 5.41) is 12.9. The second-order valence-corrected chi connectivity index (χ2v) is 15.1. The van der Waals surface area contributed by atoms with Crippen LogP contribution in [0, 0.1) is 0 Å². The van der Waals surface area contributed by atoms with Crippen LogP contribution >= 0.6 is 0 Å². The highest BCUT2D eigenvalue weighted by molar-refractivity contribution is 6.08. The molecule has 9 aromatic rings. The van der Waals surface area contributed by atoms with Crippen molar-refractivity contribution in [3.8, 4) is 22.3 Å². The lowest BCUT2D eigenvalue weighted by atomic mass is 9.67. The van der Waals surface area contributed by atoms with Crippen LogP contribution in [0.25, 0.3) is 43.8 Å². The molecule has 0 fully saturated rings. The average molecular weight is 730 g/mol. The molecule has 2 atom stereocenters. The summed E-state index contributed by atoms with van der Waals surface area (Å²) in [6, 6.07) is 77.1. The lowest BCUT2D eigenvalue weighted by Gasteiger charge is -2.35. The Hall–Kier alpha value is -7.07. The molecule has 57 heavy (non-hydrogen) atoms. The molecule has 270 valence electrons. The highest BCUT2D eigenvalue weighted by Gasteiger charge is 2.47. The van der Waals surface area contributed by atoms with Gasteiger partial charge in [0.2, 0.25) is 0 Å². The summed E-state index contributed by atoms with van der Waals surface area (Å²) in [7, 11) is 0. The van der Waals surface area contributed by atoms with Gasteiger partial charge in [0.25, 0.3) is 0 Å². The third-order valence-electron chi connectivity index (χ3n) is 12.0. The number of amidine groups is 1. The molecule has 1 aliphatic carbocycles. The van der Waals surface area contributed by atoms with Gasteiger partial charge in [-0.1, -0.05) is 206 Å². The number of hydrogen-bond donors (Lipinski definition) is 2. The summed E-state index contributed by atoms with van der Waals surface area (Å²) >= 11 is 0. The Balaban J connectivity index is 1.02. The number of nitrogens with one attached hydrogen (secondary N) is 2. The van der Waals surface area contributed by atoms with Crippen LogP contribution in [0.2, 0.25) is 0 Å². The van der Waals surface area contributed by atoms with E-state index in [9.17, 15) is 0 Å². The first-order valence-corrected chi connectivity index (χ1v) is 19.8. The van der Waals surface area contributed by atoms with Crippen LogP contribution in [0.1, 0.15) is 51.3 Å². The molecule has 1 heterocycles. The highest BCUT2D eigenvalue weighted by Crippen LogP contribution is 2.57. The number of hydrogen-bond acceptors (Lipinski definition) is 3. The zero-order valence-corrected chi connectivity index (χ0v) is 31.3. The van der Waals surface area contributed by atoms with Gasteiger partial charge in [0, 0.05) is 5.56 Å². The molecule has 1 aliphatic heterocycles. The van der Waals surface area contributed by atoms with E-state index in [1.807, 2.05) is 0 Å². The minimum Gasteiger partial charge on any atom is -0.350 e. The van der Waals surface area contributed by atoms with Crippen LogP contribution < -0.4 is 10.6 Å². The molecule has 0 radical (unpaired) electrons.